The third-order valence-electron chi connectivity index (χ3n) is 21.3. The van der Waals surface area contributed by atoms with Crippen LogP contribution in [0.2, 0.25) is 0 Å². The maximum absolute atomic E-state index is 14.6. The molecule has 29 heteroatoms. The third-order valence-corrected chi connectivity index (χ3v) is 21.3. The second kappa shape index (κ2) is 37.0. The van der Waals surface area contributed by atoms with Crippen LogP contribution in [0, 0.1) is 29.6 Å². The van der Waals surface area contributed by atoms with E-state index in [0.29, 0.717) is 63.5 Å². The monoisotopic (exact) mass is 1410 g/mol. The number of alkyl carbamates (subject to hydrolysis) is 1. The van der Waals surface area contributed by atoms with Gasteiger partial charge in [0, 0.05) is 94.1 Å². The first kappa shape index (κ1) is 76.7. The van der Waals surface area contributed by atoms with Gasteiger partial charge in [0.1, 0.15) is 30.6 Å². The molecule has 1 saturated carbocycles. The first-order valence-corrected chi connectivity index (χ1v) is 36.2. The largest absolute Gasteiger partial charge is 0.445 e. The second-order valence-corrected chi connectivity index (χ2v) is 28.8. The van der Waals surface area contributed by atoms with Gasteiger partial charge in [-0.05, 0) is 116 Å². The van der Waals surface area contributed by atoms with E-state index in [0.717, 1.165) is 62.5 Å². The fourth-order valence-electron chi connectivity index (χ4n) is 16.1. The minimum absolute atomic E-state index is 0.00163. The highest BCUT2D eigenvalue weighted by Gasteiger charge is 2.68. The number of methoxy groups -OCH3 is 1. The molecule has 0 radical (unpaired) electrons. The Labute approximate surface area is 585 Å². The highest BCUT2D eigenvalue weighted by Crippen LogP contribution is 2.58. The molecule has 1 spiro atoms. The number of fused-ring (bicyclic) bond motifs is 6. The summed E-state index contributed by atoms with van der Waals surface area (Å²) in [4.78, 5) is 82.4. The van der Waals surface area contributed by atoms with Gasteiger partial charge in [0.05, 0.1) is 132 Å². The standard InChI is InChI=1S/C71H107N9O20/c1-40(2)61(79-60(83)18-22-89-24-26-91-28-29-92-27-25-90-23-21-76-80-73)68(85)78-54(8-7-20-74-69(72)86)67(84)77-46-12-9-44(10-13-46)39-93-70(87)75-38-48(82)35-58-63(88-6)52-34-47(81)33-50-14-11-45-32-53-64-59-37-71(99-64,100-66(62(45)96-50)65(53)98-59)19-17-51-31-42(4)55(94-51)16-15-49-30-41(3)43(5)56(95-49)36-57(52)97-58/h9-10,12-13,40-41,45,48-59,61-66,82H,4-5,7-8,11,14-39H2,1-3,6H3,(H,75,87)(H,77,84)(H,78,85)(H,79,83)(H3,72,74,86)/t41-,45-,48+,49+,50?,51+,52+,53?,54+,55?,56?,57+,58-,59?,61+,62+,63-,64+,65-,66+,71+/m1/s1. The first-order valence-electron chi connectivity index (χ1n) is 36.2. The predicted octanol–water partition coefficient (Wildman–Crippen LogP) is 6.05. The first-order chi connectivity index (χ1) is 48.2. The maximum atomic E-state index is 14.6. The molecule has 0 aromatic heterocycles. The van der Waals surface area contributed by atoms with E-state index in [2.05, 4.69) is 56.7 Å². The maximum Gasteiger partial charge on any atom is 0.407 e. The zero-order chi connectivity index (χ0) is 70.9. The Kier molecular flexibility index (Phi) is 28.4. The molecule has 29 nitrogen and oxygen atoms in total. The molecule has 1 aromatic carbocycles. The number of anilines is 1. The van der Waals surface area contributed by atoms with E-state index in [1.807, 2.05) is 0 Å². The average Bonchev–Trinajstić information content (AvgIpc) is 1.55. The molecule has 1 aliphatic carbocycles. The van der Waals surface area contributed by atoms with Gasteiger partial charge in [0.25, 0.3) is 0 Å². The molecule has 5 unspecified atom stereocenters. The lowest BCUT2D eigenvalue weighted by Gasteiger charge is -2.47. The molecule has 21 atom stereocenters. The smallest absolute Gasteiger partial charge is 0.407 e. The number of primary amides is 1. The van der Waals surface area contributed by atoms with Crippen molar-refractivity contribution in [2.24, 2.45) is 40.4 Å². The molecular formula is C71H107N9O20. The van der Waals surface area contributed by atoms with E-state index in [9.17, 15) is 33.9 Å². The lowest BCUT2D eigenvalue weighted by atomic mass is 9.70. The summed E-state index contributed by atoms with van der Waals surface area (Å²) < 4.78 is 81.9. The van der Waals surface area contributed by atoms with Crippen molar-refractivity contribution >= 4 is 41.3 Å². The fourth-order valence-corrected chi connectivity index (χ4v) is 16.1. The summed E-state index contributed by atoms with van der Waals surface area (Å²) in [5, 5.41) is 28.4. The third kappa shape index (κ3) is 20.9. The highest BCUT2D eigenvalue weighted by molar-refractivity contribution is 5.98. The van der Waals surface area contributed by atoms with Crippen LogP contribution >= 0.6 is 0 Å². The summed E-state index contributed by atoms with van der Waals surface area (Å²) in [6.45, 7) is 17.1. The van der Waals surface area contributed by atoms with E-state index in [1.165, 1.54) is 0 Å². The van der Waals surface area contributed by atoms with Crippen LogP contribution in [0.3, 0.4) is 0 Å². The van der Waals surface area contributed by atoms with Gasteiger partial charge in [-0.25, -0.2) is 9.59 Å². The molecule has 100 heavy (non-hydrogen) atoms. The summed E-state index contributed by atoms with van der Waals surface area (Å²) in [6.07, 6.45) is 4.12. The number of azide groups is 1. The summed E-state index contributed by atoms with van der Waals surface area (Å²) >= 11 is 0. The number of ketones is 1. The van der Waals surface area contributed by atoms with E-state index < -0.39 is 78.1 Å². The fraction of sp³-hybridized carbons (Fsp3) is 0.775. The molecule has 556 valence electrons. The Balaban J connectivity index is 0.690. The zero-order valence-corrected chi connectivity index (χ0v) is 58.5. The number of carbonyl (C=O) groups excluding carboxylic acids is 6. The second-order valence-electron chi connectivity index (χ2n) is 28.8. The molecule has 12 bridgehead atoms. The van der Waals surface area contributed by atoms with Gasteiger partial charge < -0.3 is 99.0 Å². The summed E-state index contributed by atoms with van der Waals surface area (Å²) in [5.74, 6) is -2.40. The van der Waals surface area contributed by atoms with E-state index >= 15 is 0 Å². The van der Waals surface area contributed by atoms with Crippen molar-refractivity contribution in [3.63, 3.8) is 0 Å². The Morgan fingerprint density at radius 1 is 0.760 bits per heavy atom. The van der Waals surface area contributed by atoms with Gasteiger partial charge in [0.2, 0.25) is 17.7 Å². The molecule has 10 fully saturated rings. The van der Waals surface area contributed by atoms with Crippen LogP contribution in [-0.4, -0.2) is 224 Å². The van der Waals surface area contributed by atoms with Crippen molar-refractivity contribution in [2.45, 2.75) is 240 Å². The number of benzene rings is 1. The quantitative estimate of drug-likeness (QED) is 0.0142. The van der Waals surface area contributed by atoms with Crippen LogP contribution in [-0.2, 0) is 87.4 Å². The molecule has 9 aliphatic heterocycles. The number of ether oxygens (including phenoxy) is 13. The minimum atomic E-state index is -1.09. The molecule has 6 amide bonds. The number of carbonyl (C=O) groups is 6. The number of urea groups is 1. The number of nitrogens with zero attached hydrogens (tertiary/aromatic N) is 3. The summed E-state index contributed by atoms with van der Waals surface area (Å²) in [7, 11) is 1.60. The number of nitrogens with two attached hydrogens (primary N) is 1. The molecule has 11 rings (SSSR count). The normalized spacial score (nSPS) is 33.1. The number of amides is 6. The average molecular weight is 1410 g/mol. The van der Waals surface area contributed by atoms with Crippen LogP contribution in [0.25, 0.3) is 10.4 Å². The van der Waals surface area contributed by atoms with Crippen molar-refractivity contribution in [1.29, 1.82) is 0 Å². The molecule has 1 aromatic rings. The summed E-state index contributed by atoms with van der Waals surface area (Å²) in [6, 6.07) is 3.71. The van der Waals surface area contributed by atoms with Gasteiger partial charge >= 0.3 is 12.1 Å². The Hall–Kier alpha value is -5.89. The van der Waals surface area contributed by atoms with Gasteiger partial charge in [-0.15, -0.1) is 0 Å². The van der Waals surface area contributed by atoms with Crippen molar-refractivity contribution in [2.75, 3.05) is 84.9 Å². The predicted molar refractivity (Wildman–Crippen MR) is 361 cm³/mol. The van der Waals surface area contributed by atoms with Crippen molar-refractivity contribution in [3.8, 4) is 0 Å². The number of Topliss-reactive ketones (excluding diaryl/α,β-unsaturated/α-hetero) is 1. The Morgan fingerprint density at radius 2 is 1.47 bits per heavy atom. The van der Waals surface area contributed by atoms with E-state index in [-0.39, 0.29) is 175 Å². The van der Waals surface area contributed by atoms with Crippen molar-refractivity contribution < 1.29 is 95.5 Å². The SMILES string of the molecule is C=C1C[C@@H]2CC[C@@]34CC5O[C@@H]6C(C[C@H]7CCC(CC(=O)C[C@@H]8[C@@H](OC)[C@@H](C[C@H](O)CNC(=O)OCc9ccc(NC(=O)[C@H](CCCNC(N)=O)NC(=O)[C@@H](NC(=O)CCOCCOCCOCCOCCN=[N+]=[N-])C(C)C)cc9)O[C@H]8CC8O[C@@H](CCC1O2)C[C@@H](C)C8=C)O[C@@H]7[C@@H]6O3)[C@@H]5O4. The number of aliphatic hydroxyl groups is 1. The van der Waals surface area contributed by atoms with Gasteiger partial charge in [0.15, 0.2) is 5.79 Å². The van der Waals surface area contributed by atoms with Gasteiger partial charge in [-0.3, -0.25) is 19.2 Å². The topological polar surface area (TPSA) is 378 Å². The number of rotatable bonds is 32. The van der Waals surface area contributed by atoms with Gasteiger partial charge in [-0.2, -0.15) is 0 Å². The van der Waals surface area contributed by atoms with E-state index in [4.69, 9.17) is 72.8 Å². The molecule has 8 N–H and O–H groups in total. The highest BCUT2D eigenvalue weighted by atomic mass is 16.8. The van der Waals surface area contributed by atoms with Crippen LogP contribution in [0.5, 0.6) is 0 Å². The van der Waals surface area contributed by atoms with Gasteiger partial charge in [-0.1, -0.05) is 51.2 Å². The van der Waals surface area contributed by atoms with Crippen LogP contribution in [0.15, 0.2) is 53.7 Å². The van der Waals surface area contributed by atoms with Crippen LogP contribution < -0.4 is 32.3 Å². The summed E-state index contributed by atoms with van der Waals surface area (Å²) in [5.41, 5.74) is 16.6. The number of hydrogen-bond donors (Lipinski definition) is 7. The molecule has 9 saturated heterocycles. The zero-order valence-electron chi connectivity index (χ0n) is 58.5. The Morgan fingerprint density at radius 3 is 2.20 bits per heavy atom. The lowest BCUT2D eigenvalue weighted by Crippen LogP contribution is -2.56. The Bertz CT molecular complexity index is 2980. The van der Waals surface area contributed by atoms with Crippen molar-refractivity contribution in [1.82, 2.24) is 21.3 Å². The van der Waals surface area contributed by atoms with Crippen molar-refractivity contribution in [3.05, 3.63) is 64.6 Å². The van der Waals surface area contributed by atoms with E-state index in [1.54, 1.807) is 45.2 Å². The molecular weight excluding hydrogens is 1300 g/mol. The van der Waals surface area contributed by atoms with Crippen LogP contribution in [0.4, 0.5) is 15.3 Å². The minimum Gasteiger partial charge on any atom is -0.445 e. The molecule has 9 heterocycles. The number of nitrogens with one attached hydrogen (secondary N) is 5. The number of hydrogen-bond acceptors (Lipinski definition) is 21. The number of aliphatic hydroxyl groups excluding tert-OH is 1. The lowest BCUT2D eigenvalue weighted by molar-refractivity contribution is -0.281. The van der Waals surface area contributed by atoms with Crippen LogP contribution in [0.1, 0.15) is 135 Å². The molecule has 10 aliphatic rings.